The van der Waals surface area contributed by atoms with Gasteiger partial charge in [0.15, 0.2) is 11.5 Å². The minimum Gasteiger partial charge on any atom is -0.493 e. The molecule has 1 aliphatic rings. The first-order valence-corrected chi connectivity index (χ1v) is 12.7. The monoisotopic (exact) mass is 501 g/mol. The summed E-state index contributed by atoms with van der Waals surface area (Å²) in [6.45, 7) is 7.43. The number of carbonyl (C=O) groups is 2. The molecule has 1 aromatic heterocycles. The molecule has 3 rings (SSSR count). The summed E-state index contributed by atoms with van der Waals surface area (Å²) in [4.78, 5) is 30.9. The van der Waals surface area contributed by atoms with Crippen LogP contribution in [0.5, 0.6) is 11.5 Å². The number of likely N-dealkylation sites (tertiary alicyclic amines) is 1. The summed E-state index contributed by atoms with van der Waals surface area (Å²) in [5, 5.41) is 3.78. The lowest BCUT2D eigenvalue weighted by atomic mass is 9.98. The van der Waals surface area contributed by atoms with Crippen LogP contribution in [0.2, 0.25) is 0 Å². The van der Waals surface area contributed by atoms with Crippen molar-refractivity contribution in [2.24, 2.45) is 5.92 Å². The van der Waals surface area contributed by atoms with E-state index in [9.17, 15) is 9.59 Å². The van der Waals surface area contributed by atoms with E-state index >= 15 is 0 Å². The highest BCUT2D eigenvalue weighted by Gasteiger charge is 2.27. The zero-order chi connectivity index (χ0) is 25.4. The van der Waals surface area contributed by atoms with Crippen molar-refractivity contribution in [1.82, 2.24) is 15.2 Å². The van der Waals surface area contributed by atoms with Crippen molar-refractivity contribution in [2.75, 3.05) is 39.6 Å². The van der Waals surface area contributed by atoms with Gasteiger partial charge in [0.05, 0.1) is 25.0 Å². The van der Waals surface area contributed by atoms with Crippen LogP contribution in [0.3, 0.4) is 0 Å². The summed E-state index contributed by atoms with van der Waals surface area (Å²) in [6.07, 6.45) is 3.39. The molecule has 1 fully saturated rings. The van der Waals surface area contributed by atoms with Gasteiger partial charge in [0.1, 0.15) is 5.60 Å². The number of nitrogens with one attached hydrogen (secondary N) is 1. The Bertz CT molecular complexity index is 1010. The average molecular weight is 502 g/mol. The fraction of sp³-hybridized carbons (Fsp3) is 0.500. The molecule has 35 heavy (non-hydrogen) atoms. The third kappa shape index (κ3) is 8.06. The van der Waals surface area contributed by atoms with Gasteiger partial charge in [0, 0.05) is 31.4 Å². The van der Waals surface area contributed by atoms with E-state index in [4.69, 9.17) is 14.2 Å². The molecule has 2 heterocycles. The Morgan fingerprint density at radius 1 is 1.11 bits per heavy atom. The number of methoxy groups -OCH3 is 2. The van der Waals surface area contributed by atoms with E-state index in [1.165, 1.54) is 11.8 Å². The summed E-state index contributed by atoms with van der Waals surface area (Å²) in [5.41, 5.74) is 1.41. The number of nitrogens with zero attached hydrogens (tertiary/aromatic N) is 2. The molecule has 1 saturated heterocycles. The molecule has 1 atom stereocenters. The number of benzene rings is 1. The Morgan fingerprint density at radius 2 is 1.86 bits per heavy atom. The molecule has 2 aromatic rings. The molecule has 1 aromatic carbocycles. The van der Waals surface area contributed by atoms with Crippen molar-refractivity contribution in [3.05, 3.63) is 36.5 Å². The summed E-state index contributed by atoms with van der Waals surface area (Å²) in [7, 11) is 3.21. The van der Waals surface area contributed by atoms with Crippen LogP contribution in [-0.2, 0) is 9.53 Å². The highest BCUT2D eigenvalue weighted by Crippen LogP contribution is 2.32. The topological polar surface area (TPSA) is 90.0 Å². The lowest BCUT2D eigenvalue weighted by Crippen LogP contribution is -2.45. The third-order valence-corrected chi connectivity index (χ3v) is 6.51. The summed E-state index contributed by atoms with van der Waals surface area (Å²) in [6, 6.07) is 9.60. The second-order valence-electron chi connectivity index (χ2n) is 9.48. The molecule has 1 unspecified atom stereocenters. The number of piperidine rings is 1. The highest BCUT2D eigenvalue weighted by molar-refractivity contribution is 7.99. The molecular weight excluding hydrogens is 466 g/mol. The first kappa shape index (κ1) is 26.7. The molecule has 0 aliphatic carbocycles. The van der Waals surface area contributed by atoms with Crippen LogP contribution in [0.1, 0.15) is 33.6 Å². The summed E-state index contributed by atoms with van der Waals surface area (Å²) >= 11 is 1.39. The molecular formula is C26H35N3O5S. The van der Waals surface area contributed by atoms with Gasteiger partial charge in [-0.1, -0.05) is 23.9 Å². The third-order valence-electron chi connectivity index (χ3n) is 5.56. The normalized spacial score (nSPS) is 15.9. The molecule has 0 saturated carbocycles. The first-order valence-electron chi connectivity index (χ1n) is 11.7. The van der Waals surface area contributed by atoms with Crippen molar-refractivity contribution in [3.63, 3.8) is 0 Å². The second kappa shape index (κ2) is 12.2. The minimum absolute atomic E-state index is 0.0461. The van der Waals surface area contributed by atoms with E-state index in [-0.39, 0.29) is 23.7 Å². The molecule has 0 radical (unpaired) electrons. The Kier molecular flexibility index (Phi) is 9.26. The van der Waals surface area contributed by atoms with Gasteiger partial charge in [0.25, 0.3) is 0 Å². The number of hydrogen-bond donors (Lipinski definition) is 1. The van der Waals surface area contributed by atoms with E-state index in [0.717, 1.165) is 29.0 Å². The van der Waals surface area contributed by atoms with Gasteiger partial charge in [0.2, 0.25) is 5.91 Å². The first-order chi connectivity index (χ1) is 16.7. The number of carbonyl (C=O) groups excluding carboxylic acids is 2. The Hall–Kier alpha value is -2.94. The Balaban J connectivity index is 1.45. The number of hydrogen-bond acceptors (Lipinski definition) is 7. The van der Waals surface area contributed by atoms with Gasteiger partial charge in [-0.05, 0) is 63.3 Å². The van der Waals surface area contributed by atoms with Crippen LogP contribution in [0, 0.1) is 5.92 Å². The van der Waals surface area contributed by atoms with Crippen LogP contribution >= 0.6 is 11.8 Å². The number of aromatic nitrogens is 1. The standard InChI is InChI=1S/C26H35N3O5S/c1-26(2,3)34-25(31)29-12-6-7-18(16-29)14-27-23(30)17-35-24-11-9-20(15-28-24)19-8-10-21(32-4)22(13-19)33-5/h8-11,13,15,18H,6-7,12,14,16-17H2,1-5H3,(H,27,30). The van der Waals surface area contributed by atoms with Gasteiger partial charge in [-0.25, -0.2) is 9.78 Å². The summed E-state index contributed by atoms with van der Waals surface area (Å²) < 4.78 is 16.1. The fourth-order valence-corrected chi connectivity index (χ4v) is 4.50. The van der Waals surface area contributed by atoms with Crippen LogP contribution in [-0.4, -0.2) is 67.1 Å². The van der Waals surface area contributed by atoms with Gasteiger partial charge < -0.3 is 24.4 Å². The maximum Gasteiger partial charge on any atom is 0.410 e. The Morgan fingerprint density at radius 3 is 2.51 bits per heavy atom. The second-order valence-corrected chi connectivity index (χ2v) is 10.5. The van der Waals surface area contributed by atoms with Gasteiger partial charge in [-0.3, -0.25) is 4.79 Å². The quantitative estimate of drug-likeness (QED) is 0.528. The largest absolute Gasteiger partial charge is 0.493 e. The number of pyridine rings is 1. The highest BCUT2D eigenvalue weighted by atomic mass is 32.2. The molecule has 1 aliphatic heterocycles. The molecule has 0 spiro atoms. The van der Waals surface area contributed by atoms with Crippen LogP contribution in [0.4, 0.5) is 4.79 Å². The molecule has 2 amide bonds. The zero-order valence-corrected chi connectivity index (χ0v) is 21.9. The smallest absolute Gasteiger partial charge is 0.410 e. The molecule has 190 valence electrons. The van der Waals surface area contributed by atoms with E-state index in [1.807, 2.05) is 51.1 Å². The minimum atomic E-state index is -0.511. The lowest BCUT2D eigenvalue weighted by molar-refractivity contribution is -0.118. The average Bonchev–Trinajstić information content (AvgIpc) is 2.85. The number of rotatable bonds is 8. The fourth-order valence-electron chi connectivity index (χ4n) is 3.82. The van der Waals surface area contributed by atoms with Gasteiger partial charge in [-0.15, -0.1) is 0 Å². The predicted molar refractivity (Wildman–Crippen MR) is 137 cm³/mol. The van der Waals surface area contributed by atoms with E-state index in [2.05, 4.69) is 10.3 Å². The number of amides is 2. The van der Waals surface area contributed by atoms with E-state index in [0.29, 0.717) is 31.1 Å². The van der Waals surface area contributed by atoms with Crippen LogP contribution in [0.25, 0.3) is 11.1 Å². The van der Waals surface area contributed by atoms with Gasteiger partial charge in [-0.2, -0.15) is 0 Å². The Labute approximate surface area is 211 Å². The van der Waals surface area contributed by atoms with Crippen molar-refractivity contribution in [3.8, 4) is 22.6 Å². The zero-order valence-electron chi connectivity index (χ0n) is 21.1. The lowest BCUT2D eigenvalue weighted by Gasteiger charge is -2.34. The summed E-state index contributed by atoms with van der Waals surface area (Å²) in [5.74, 6) is 1.80. The van der Waals surface area contributed by atoms with Crippen molar-refractivity contribution < 1.29 is 23.8 Å². The number of thioether (sulfide) groups is 1. The van der Waals surface area contributed by atoms with Crippen LogP contribution in [0.15, 0.2) is 41.6 Å². The van der Waals surface area contributed by atoms with Crippen molar-refractivity contribution in [1.29, 1.82) is 0 Å². The van der Waals surface area contributed by atoms with Crippen molar-refractivity contribution in [2.45, 2.75) is 44.2 Å². The number of ether oxygens (including phenoxy) is 3. The van der Waals surface area contributed by atoms with Crippen molar-refractivity contribution >= 4 is 23.8 Å². The molecule has 1 N–H and O–H groups in total. The van der Waals surface area contributed by atoms with Gasteiger partial charge >= 0.3 is 6.09 Å². The predicted octanol–water partition coefficient (Wildman–Crippen LogP) is 4.62. The van der Waals surface area contributed by atoms with E-state index < -0.39 is 5.60 Å². The maximum atomic E-state index is 12.4. The van der Waals surface area contributed by atoms with Crippen LogP contribution < -0.4 is 14.8 Å². The maximum absolute atomic E-state index is 12.4. The molecule has 0 bridgehead atoms. The SMILES string of the molecule is COc1ccc(-c2ccc(SCC(=O)NCC3CCCN(C(=O)OC(C)(C)C)C3)nc2)cc1OC. The molecule has 9 heteroatoms. The molecule has 8 nitrogen and oxygen atoms in total. The van der Waals surface area contributed by atoms with E-state index in [1.54, 1.807) is 25.3 Å².